The molecule has 0 aliphatic carbocycles. The van der Waals surface area contributed by atoms with Crippen molar-refractivity contribution in [1.29, 1.82) is 10.5 Å². The van der Waals surface area contributed by atoms with E-state index < -0.39 is 18.2 Å². The first kappa shape index (κ1) is 31.5. The van der Waals surface area contributed by atoms with Gasteiger partial charge in [-0.3, -0.25) is 3.97 Å². The van der Waals surface area contributed by atoms with Crippen molar-refractivity contribution in [3.05, 3.63) is 136 Å². The van der Waals surface area contributed by atoms with Crippen LogP contribution in [0.2, 0.25) is 5.02 Å². The molecule has 0 fully saturated rings. The average molecular weight is 664 g/mol. The monoisotopic (exact) mass is 663 g/mol. The second kappa shape index (κ2) is 13.1. The van der Waals surface area contributed by atoms with Gasteiger partial charge in [0.05, 0.1) is 47.1 Å². The minimum Gasteiger partial charge on any atom is -0.465 e. The Morgan fingerprint density at radius 1 is 0.851 bits per heavy atom. The largest absolute Gasteiger partial charge is 0.465 e. The molecule has 0 saturated heterocycles. The van der Waals surface area contributed by atoms with Crippen molar-refractivity contribution < 1.29 is 22.7 Å². The first-order valence-electron chi connectivity index (χ1n) is 14.1. The number of methoxy groups -OCH3 is 1. The van der Waals surface area contributed by atoms with Gasteiger partial charge in [-0.1, -0.05) is 66.2 Å². The van der Waals surface area contributed by atoms with Crippen molar-refractivity contribution in [2.24, 2.45) is 0 Å². The number of hydrogen-bond donors (Lipinski definition) is 0. The number of ether oxygens (including phenoxy) is 1. The smallest absolute Gasteiger partial charge is 0.340 e. The van der Waals surface area contributed by atoms with Crippen LogP contribution in [0.15, 0.2) is 108 Å². The SMILES string of the molecule is COC(=O)c1cc(Cl)c(-c2cccc(-c3c(-c4c(C#N)cccc4C#N)c4ccccc4n3Sc3ccc(C(F)F)cc3)c2)cc1F. The molecule has 0 bridgehead atoms. The Morgan fingerprint density at radius 3 is 2.17 bits per heavy atom. The maximum Gasteiger partial charge on any atom is 0.340 e. The van der Waals surface area contributed by atoms with Crippen molar-refractivity contribution in [2.75, 3.05) is 7.11 Å². The lowest BCUT2D eigenvalue weighted by molar-refractivity contribution is 0.0595. The standard InChI is InChI=1S/C37H21ClF3N3O2S/c1-46-37(45)29-17-30(38)28(18-31(29)39)22-6-4-7-23(16-22)35-34(33-24(19-42)8-5-9-25(33)20-43)27-10-2-3-11-32(27)44(35)47-26-14-12-21(13-15-26)36(40)41/h2-18,36H,1H3. The van der Waals surface area contributed by atoms with Crippen LogP contribution in [0.25, 0.3) is 44.4 Å². The molecule has 0 unspecified atom stereocenters. The Labute approximate surface area is 277 Å². The molecule has 0 radical (unpaired) electrons. The molecule has 5 aromatic carbocycles. The van der Waals surface area contributed by atoms with E-state index in [0.717, 1.165) is 18.0 Å². The van der Waals surface area contributed by atoms with Gasteiger partial charge in [0.25, 0.3) is 6.43 Å². The quantitative estimate of drug-likeness (QED) is 0.159. The fourth-order valence-corrected chi connectivity index (χ4v) is 6.76. The Morgan fingerprint density at radius 2 is 1.51 bits per heavy atom. The first-order valence-corrected chi connectivity index (χ1v) is 15.2. The number of hydrogen-bond acceptors (Lipinski definition) is 5. The normalized spacial score (nSPS) is 11.0. The first-order chi connectivity index (χ1) is 22.7. The molecule has 0 aliphatic rings. The molecule has 230 valence electrons. The number of halogens is 4. The van der Waals surface area contributed by atoms with E-state index in [2.05, 4.69) is 16.9 Å². The number of aromatic nitrogens is 1. The molecular weight excluding hydrogens is 643 g/mol. The lowest BCUT2D eigenvalue weighted by Crippen LogP contribution is -2.04. The van der Waals surface area contributed by atoms with Gasteiger partial charge in [0.15, 0.2) is 0 Å². The average Bonchev–Trinajstić information content (AvgIpc) is 3.41. The van der Waals surface area contributed by atoms with E-state index in [0.29, 0.717) is 49.5 Å². The second-order valence-corrected chi connectivity index (χ2v) is 11.8. The van der Waals surface area contributed by atoms with Crippen molar-refractivity contribution in [2.45, 2.75) is 11.3 Å². The minimum atomic E-state index is -2.61. The van der Waals surface area contributed by atoms with Crippen LogP contribution in [0.5, 0.6) is 0 Å². The topological polar surface area (TPSA) is 78.8 Å². The molecular formula is C37H21ClF3N3O2S. The lowest BCUT2D eigenvalue weighted by Gasteiger charge is -2.15. The van der Waals surface area contributed by atoms with E-state index in [-0.39, 0.29) is 16.1 Å². The van der Waals surface area contributed by atoms with Crippen LogP contribution >= 0.6 is 23.5 Å². The number of carbonyl (C=O) groups is 1. The van der Waals surface area contributed by atoms with E-state index in [1.54, 1.807) is 48.5 Å². The third-order valence-electron chi connectivity index (χ3n) is 7.63. The number of alkyl halides is 2. The van der Waals surface area contributed by atoms with Crippen LogP contribution in [-0.2, 0) is 4.74 Å². The summed E-state index contributed by atoms with van der Waals surface area (Å²) in [5.41, 5.74) is 4.07. The lowest BCUT2D eigenvalue weighted by atomic mass is 9.90. The predicted molar refractivity (Wildman–Crippen MR) is 177 cm³/mol. The number of esters is 1. The zero-order valence-electron chi connectivity index (χ0n) is 24.5. The van der Waals surface area contributed by atoms with E-state index in [1.807, 2.05) is 34.3 Å². The van der Waals surface area contributed by atoms with Gasteiger partial charge in [-0.05, 0) is 66.0 Å². The molecule has 5 nitrogen and oxygen atoms in total. The third kappa shape index (κ3) is 5.83. The highest BCUT2D eigenvalue weighted by molar-refractivity contribution is 7.98. The Bertz CT molecular complexity index is 2240. The number of benzene rings is 5. The number of rotatable bonds is 7. The summed E-state index contributed by atoms with van der Waals surface area (Å²) in [6, 6.07) is 32.4. The summed E-state index contributed by atoms with van der Waals surface area (Å²) in [5.74, 6) is -1.66. The highest BCUT2D eigenvalue weighted by Crippen LogP contribution is 2.47. The van der Waals surface area contributed by atoms with Crippen LogP contribution < -0.4 is 0 Å². The molecule has 1 heterocycles. The van der Waals surface area contributed by atoms with E-state index >= 15 is 4.39 Å². The van der Waals surface area contributed by atoms with Crippen LogP contribution in [0.3, 0.4) is 0 Å². The summed E-state index contributed by atoms with van der Waals surface area (Å²) in [7, 11) is 1.15. The molecule has 0 N–H and O–H groups in total. The van der Waals surface area contributed by atoms with Crippen LogP contribution in [0.4, 0.5) is 13.2 Å². The highest BCUT2D eigenvalue weighted by Gasteiger charge is 2.26. The van der Waals surface area contributed by atoms with Gasteiger partial charge in [0.2, 0.25) is 0 Å². The van der Waals surface area contributed by atoms with Gasteiger partial charge in [0.1, 0.15) is 5.82 Å². The molecule has 6 rings (SSSR count). The zero-order chi connectivity index (χ0) is 33.2. The fraction of sp³-hybridized carbons (Fsp3) is 0.0541. The van der Waals surface area contributed by atoms with Crippen molar-refractivity contribution >= 4 is 40.4 Å². The molecule has 0 atom stereocenters. The van der Waals surface area contributed by atoms with E-state index in [1.165, 1.54) is 36.2 Å². The van der Waals surface area contributed by atoms with Crippen LogP contribution in [-0.4, -0.2) is 17.1 Å². The van der Waals surface area contributed by atoms with Gasteiger partial charge in [0, 0.05) is 43.1 Å². The fourth-order valence-electron chi connectivity index (χ4n) is 5.48. The van der Waals surface area contributed by atoms with Crippen molar-refractivity contribution in [1.82, 2.24) is 3.97 Å². The third-order valence-corrected chi connectivity index (χ3v) is 8.98. The number of nitriles is 2. The summed E-state index contributed by atoms with van der Waals surface area (Å²) < 4.78 is 48.4. The van der Waals surface area contributed by atoms with Crippen LogP contribution in [0, 0.1) is 28.5 Å². The number of carbonyl (C=O) groups excluding carboxylic acids is 1. The van der Waals surface area contributed by atoms with Gasteiger partial charge in [-0.15, -0.1) is 0 Å². The van der Waals surface area contributed by atoms with Gasteiger partial charge in [-0.25, -0.2) is 18.0 Å². The minimum absolute atomic E-state index is 0.107. The summed E-state index contributed by atoms with van der Waals surface area (Å²) in [6.07, 6.45) is -2.61. The zero-order valence-corrected chi connectivity index (χ0v) is 26.0. The molecule has 6 aromatic rings. The van der Waals surface area contributed by atoms with Gasteiger partial charge in [-0.2, -0.15) is 10.5 Å². The Hall–Kier alpha value is -5.48. The molecule has 0 spiro atoms. The molecule has 0 saturated carbocycles. The summed E-state index contributed by atoms with van der Waals surface area (Å²) in [4.78, 5) is 12.7. The second-order valence-electron chi connectivity index (χ2n) is 10.3. The molecule has 0 aliphatic heterocycles. The van der Waals surface area contributed by atoms with Gasteiger partial charge < -0.3 is 4.74 Å². The highest BCUT2D eigenvalue weighted by atomic mass is 35.5. The summed E-state index contributed by atoms with van der Waals surface area (Å²) in [5, 5.41) is 21.2. The maximum atomic E-state index is 15.1. The predicted octanol–water partition coefficient (Wildman–Crippen LogP) is 10.5. The Balaban J connectivity index is 1.65. The molecule has 47 heavy (non-hydrogen) atoms. The van der Waals surface area contributed by atoms with Crippen molar-refractivity contribution in [3.8, 4) is 45.6 Å². The number of nitrogens with zero attached hydrogens (tertiary/aromatic N) is 3. The molecule has 10 heteroatoms. The number of para-hydroxylation sites is 1. The van der Waals surface area contributed by atoms with E-state index in [4.69, 9.17) is 11.6 Å². The van der Waals surface area contributed by atoms with Crippen molar-refractivity contribution in [3.63, 3.8) is 0 Å². The van der Waals surface area contributed by atoms with Gasteiger partial charge >= 0.3 is 5.97 Å². The Kier molecular flexibility index (Phi) is 8.78. The molecule has 0 amide bonds. The van der Waals surface area contributed by atoms with E-state index in [9.17, 15) is 24.1 Å². The molecule has 1 aromatic heterocycles. The number of fused-ring (bicyclic) bond motifs is 1. The maximum absolute atomic E-state index is 15.1. The summed E-state index contributed by atoms with van der Waals surface area (Å²) in [6.45, 7) is 0. The van der Waals surface area contributed by atoms with Crippen LogP contribution in [0.1, 0.15) is 33.5 Å². The summed E-state index contributed by atoms with van der Waals surface area (Å²) >= 11 is 7.85.